The second kappa shape index (κ2) is 24.8. The molecule has 0 saturated carbocycles. The molecule has 0 unspecified atom stereocenters. The fourth-order valence-corrected chi connectivity index (χ4v) is 0. The van der Waals surface area contributed by atoms with Gasteiger partial charge in [0, 0.05) is 35.6 Å². The van der Waals surface area contributed by atoms with Gasteiger partial charge in [-0.15, -0.1) is 0 Å². The third-order valence-corrected chi connectivity index (χ3v) is 0. The zero-order valence-electron chi connectivity index (χ0n) is 2.07. The van der Waals surface area contributed by atoms with E-state index in [0.29, 0.717) is 0 Å². The molecule has 0 aliphatic heterocycles. The normalized spacial score (nSPS) is 0.800. The molecular formula is H5BiLaMnOSr. The maximum absolute atomic E-state index is 8.06. The van der Waals surface area contributed by atoms with Gasteiger partial charge in [-0.2, -0.15) is 0 Å². The van der Waals surface area contributed by atoms with E-state index in [4.69, 9.17) is 3.83 Å². The van der Waals surface area contributed by atoms with Crippen LogP contribution >= 0.6 is 0 Å². The zero-order valence-corrected chi connectivity index (χ0v) is 12.4. The van der Waals surface area contributed by atoms with Gasteiger partial charge in [0.1, 0.15) is 0 Å². The van der Waals surface area contributed by atoms with Crippen LogP contribution < -0.4 is 0 Å². The second-order valence-electron chi connectivity index (χ2n) is 0. The van der Waals surface area contributed by atoms with Crippen molar-refractivity contribution in [3.05, 3.63) is 0 Å². The predicted molar refractivity (Wildman–Crippen MR) is 19.2 cm³/mol. The van der Waals surface area contributed by atoms with Crippen molar-refractivity contribution in [3.63, 3.8) is 0 Å². The SMILES string of the molecule is [BiH3].[La].[O]=[Mn].[SrH2]. The molecule has 0 aromatic rings. The Bertz CT molecular complexity index is 11.6. The molecule has 0 atom stereocenters. The van der Waals surface area contributed by atoms with E-state index in [1.807, 2.05) is 0 Å². The fraction of sp³-hybridized carbons (Fsp3) is 0. The van der Waals surface area contributed by atoms with Crippen LogP contribution in [-0.2, 0) is 19.8 Å². The Morgan fingerprint density at radius 3 is 1.20 bits per heavy atom. The topological polar surface area (TPSA) is 17.1 Å². The standard InChI is InChI=1S/Bi.La.Mn.O.Sr.5H. The van der Waals surface area contributed by atoms with Gasteiger partial charge in [-0.05, 0) is 0 Å². The third kappa shape index (κ3) is 18.1. The Hall–Kier alpha value is 3.88. The monoisotopic (exact) mass is 512 g/mol. The van der Waals surface area contributed by atoms with E-state index in [1.54, 1.807) is 15.9 Å². The van der Waals surface area contributed by atoms with Crippen molar-refractivity contribution in [2.75, 3.05) is 0 Å². The molecule has 1 radical (unpaired) electrons. The molecule has 0 aliphatic rings. The molecule has 0 spiro atoms. The van der Waals surface area contributed by atoms with Crippen molar-refractivity contribution >= 4 is 71.7 Å². The van der Waals surface area contributed by atoms with E-state index in [0.717, 1.165) is 0 Å². The van der Waals surface area contributed by atoms with Crippen LogP contribution in [0.25, 0.3) is 0 Å². The molecule has 0 rings (SSSR count). The van der Waals surface area contributed by atoms with Crippen LogP contribution in [0.15, 0.2) is 0 Å². The molecule has 0 saturated heterocycles. The molecule has 0 heterocycles. The molecule has 0 amide bonds. The van der Waals surface area contributed by atoms with Crippen molar-refractivity contribution in [2.45, 2.75) is 0 Å². The van der Waals surface area contributed by atoms with Crippen molar-refractivity contribution < 1.29 is 55.4 Å². The summed E-state index contributed by atoms with van der Waals surface area (Å²) in [5.74, 6) is 0. The zero-order chi connectivity index (χ0) is 2.00. The van der Waals surface area contributed by atoms with E-state index in [2.05, 4.69) is 0 Å². The molecule has 28 valence electrons. The summed E-state index contributed by atoms with van der Waals surface area (Å²) < 4.78 is 8.06. The third-order valence-electron chi connectivity index (χ3n) is 0. The van der Waals surface area contributed by atoms with Crippen LogP contribution in [0.1, 0.15) is 0 Å². The molecule has 5 heteroatoms. The summed E-state index contributed by atoms with van der Waals surface area (Å²) in [5.41, 5.74) is 0. The predicted octanol–water partition coefficient (Wildman–Crippen LogP) is -2.22. The molecule has 0 aliphatic carbocycles. The molecule has 0 aromatic carbocycles. The number of rotatable bonds is 0. The Balaban J connectivity index is -0.00000000167. The molecule has 0 aromatic heterocycles. The van der Waals surface area contributed by atoms with Crippen LogP contribution in [0.5, 0.6) is 0 Å². The van der Waals surface area contributed by atoms with Gasteiger partial charge in [0.2, 0.25) is 0 Å². The van der Waals surface area contributed by atoms with E-state index in [9.17, 15) is 0 Å². The first kappa shape index (κ1) is 23.2. The van der Waals surface area contributed by atoms with Gasteiger partial charge in [-0.3, -0.25) is 0 Å². The Morgan fingerprint density at radius 2 is 1.20 bits per heavy atom. The molecule has 1 nitrogen and oxygen atoms in total. The first-order valence-electron chi connectivity index (χ1n) is 0.154. The molecule has 0 N–H and O–H groups in total. The van der Waals surface area contributed by atoms with Gasteiger partial charge in [-0.25, -0.2) is 0 Å². The van der Waals surface area contributed by atoms with Gasteiger partial charge < -0.3 is 0 Å². The Labute approximate surface area is 123 Å². The fourth-order valence-electron chi connectivity index (χ4n) is 0. The number of hydrogen-bond donors (Lipinski definition) is 0. The quantitative estimate of drug-likeness (QED) is 0.337. The molecular weight excluding hydrogens is 506 g/mol. The summed E-state index contributed by atoms with van der Waals surface area (Å²) in [6.07, 6.45) is 0. The summed E-state index contributed by atoms with van der Waals surface area (Å²) in [4.78, 5) is 0. The second-order valence-corrected chi connectivity index (χ2v) is 0. The Morgan fingerprint density at radius 1 is 1.20 bits per heavy atom. The van der Waals surface area contributed by atoms with Crippen molar-refractivity contribution in [1.82, 2.24) is 0 Å². The Kier molecular flexibility index (Phi) is 115. The van der Waals surface area contributed by atoms with Crippen LogP contribution in [-0.4, -0.2) is 71.7 Å². The number of hydrogen-bond acceptors (Lipinski definition) is 1. The van der Waals surface area contributed by atoms with Gasteiger partial charge >= 0.3 is 91.5 Å². The first-order chi connectivity index (χ1) is 1.00. The summed E-state index contributed by atoms with van der Waals surface area (Å²) in [5, 5.41) is 0. The van der Waals surface area contributed by atoms with Gasteiger partial charge in [0.15, 0.2) is 0 Å². The average Bonchev–Trinajstić information content (AvgIpc) is 1.00. The van der Waals surface area contributed by atoms with E-state index in [-0.39, 0.29) is 107 Å². The first-order valence-corrected chi connectivity index (χ1v) is 0.636. The summed E-state index contributed by atoms with van der Waals surface area (Å²) in [7, 11) is 0. The minimum absolute atomic E-state index is 0. The van der Waals surface area contributed by atoms with E-state index < -0.39 is 0 Å². The van der Waals surface area contributed by atoms with E-state index >= 15 is 0 Å². The van der Waals surface area contributed by atoms with Crippen molar-refractivity contribution in [1.29, 1.82) is 0 Å². The summed E-state index contributed by atoms with van der Waals surface area (Å²) >= 11 is 1.69. The van der Waals surface area contributed by atoms with Crippen LogP contribution in [0.3, 0.4) is 0 Å². The average molecular weight is 511 g/mol. The van der Waals surface area contributed by atoms with Crippen LogP contribution in [0.4, 0.5) is 0 Å². The summed E-state index contributed by atoms with van der Waals surface area (Å²) in [6, 6.07) is 0. The van der Waals surface area contributed by atoms with Gasteiger partial charge in [-0.1, -0.05) is 0 Å². The van der Waals surface area contributed by atoms with Gasteiger partial charge in [0.05, 0.1) is 0 Å². The summed E-state index contributed by atoms with van der Waals surface area (Å²) in [6.45, 7) is 0. The van der Waals surface area contributed by atoms with Gasteiger partial charge in [0.25, 0.3) is 0 Å². The van der Waals surface area contributed by atoms with Crippen molar-refractivity contribution in [3.8, 4) is 0 Å². The van der Waals surface area contributed by atoms with Crippen molar-refractivity contribution in [2.24, 2.45) is 0 Å². The minimum atomic E-state index is 0. The van der Waals surface area contributed by atoms with Crippen LogP contribution in [0, 0.1) is 35.6 Å². The van der Waals surface area contributed by atoms with E-state index in [1.165, 1.54) is 0 Å². The molecule has 5 heavy (non-hydrogen) atoms. The maximum atomic E-state index is 8.06. The van der Waals surface area contributed by atoms with Crippen LogP contribution in [0.2, 0.25) is 0 Å². The molecule has 0 fully saturated rings. The molecule has 0 bridgehead atoms.